The summed E-state index contributed by atoms with van der Waals surface area (Å²) in [4.78, 5) is 37.6. The molecule has 1 saturated carbocycles. The molecule has 2 rings (SSSR count). The van der Waals surface area contributed by atoms with Crippen molar-refractivity contribution in [1.82, 2.24) is 5.32 Å². The third-order valence-electron chi connectivity index (χ3n) is 7.21. The second-order valence-corrected chi connectivity index (χ2v) is 10.8. The summed E-state index contributed by atoms with van der Waals surface area (Å²) < 4.78 is 5.01. The first kappa shape index (κ1) is 35.5. The van der Waals surface area contributed by atoms with Crippen LogP contribution in [0.5, 0.6) is 0 Å². The molecule has 1 aliphatic rings. The van der Waals surface area contributed by atoms with Crippen molar-refractivity contribution in [3.05, 3.63) is 58.2 Å². The van der Waals surface area contributed by atoms with Gasteiger partial charge in [-0.2, -0.15) is 12.6 Å². The van der Waals surface area contributed by atoms with Gasteiger partial charge in [-0.1, -0.05) is 87.9 Å². The maximum Gasteiger partial charge on any atom is 0.329 e. The van der Waals surface area contributed by atoms with Crippen LogP contribution in [-0.2, 0) is 25.6 Å². The van der Waals surface area contributed by atoms with Gasteiger partial charge in [-0.15, -0.1) is 10.1 Å². The zero-order valence-corrected chi connectivity index (χ0v) is 25.3. The number of aryl methyl sites for hydroxylation is 1. The highest BCUT2D eigenvalue weighted by Gasteiger charge is 2.22. The Hall–Kier alpha value is -2.55. The Balaban J connectivity index is 0.000000415. The predicted octanol–water partition coefficient (Wildman–Crippen LogP) is 6.90. The standard InChI is InChI=1S/C17H26.C14H24N2O6S/c1-15-9-8-14-17(15)13-7-3-6-12-16-10-4-2-5-11-16;1-2-3-4-5-8-13(17)15-12(11-23)14(18)21-9-6-7-10-22-16(19)20/h2,4-5,10-11,15,17H,3,6-9,12-14H2,1H3;2-3,12,23H,4-11H2,1H3,(H,15,17)/b;3-2-. The molecule has 3 unspecified atom stereocenters. The summed E-state index contributed by atoms with van der Waals surface area (Å²) >= 11 is 4.03. The van der Waals surface area contributed by atoms with Gasteiger partial charge >= 0.3 is 5.97 Å². The van der Waals surface area contributed by atoms with Crippen LogP contribution in [0.25, 0.3) is 0 Å². The number of unbranched alkanes of at least 4 members (excludes halogenated alkanes) is 4. The number of nitrogens with zero attached hydrogens (tertiary/aromatic N) is 1. The minimum atomic E-state index is -0.866. The molecule has 0 spiro atoms. The van der Waals surface area contributed by atoms with Crippen molar-refractivity contribution in [3.63, 3.8) is 0 Å². The number of allylic oxidation sites excluding steroid dienone is 2. The van der Waals surface area contributed by atoms with Gasteiger partial charge in [0.2, 0.25) is 5.91 Å². The fraction of sp³-hybridized carbons (Fsp3) is 0.677. The molecule has 1 aromatic carbocycles. The van der Waals surface area contributed by atoms with E-state index in [2.05, 4.69) is 60.0 Å². The van der Waals surface area contributed by atoms with Gasteiger partial charge in [0.1, 0.15) is 6.04 Å². The zero-order chi connectivity index (χ0) is 29.4. The maximum atomic E-state index is 11.8. The highest BCUT2D eigenvalue weighted by atomic mass is 32.1. The Morgan fingerprint density at radius 3 is 2.50 bits per heavy atom. The lowest BCUT2D eigenvalue weighted by molar-refractivity contribution is -0.757. The molecule has 3 atom stereocenters. The quantitative estimate of drug-likeness (QED) is 0.0461. The fourth-order valence-electron chi connectivity index (χ4n) is 4.82. The van der Waals surface area contributed by atoms with Gasteiger partial charge in [0.25, 0.3) is 5.09 Å². The number of benzene rings is 1. The Bertz CT molecular complexity index is 851. The molecule has 40 heavy (non-hydrogen) atoms. The van der Waals surface area contributed by atoms with Crippen LogP contribution in [0, 0.1) is 22.0 Å². The van der Waals surface area contributed by atoms with E-state index >= 15 is 0 Å². The molecular weight excluding hydrogens is 528 g/mol. The molecule has 0 radical (unpaired) electrons. The van der Waals surface area contributed by atoms with Crippen molar-refractivity contribution in [1.29, 1.82) is 0 Å². The molecule has 9 heteroatoms. The average Bonchev–Trinajstić information content (AvgIpc) is 3.36. The van der Waals surface area contributed by atoms with Crippen LogP contribution in [0.1, 0.15) is 96.5 Å². The number of carbonyl (C=O) groups is 2. The minimum Gasteiger partial charge on any atom is -0.464 e. The topological polar surface area (TPSA) is 108 Å². The largest absolute Gasteiger partial charge is 0.464 e. The molecule has 1 fully saturated rings. The molecule has 226 valence electrons. The monoisotopic (exact) mass is 578 g/mol. The SMILES string of the molecule is C/C=C\CCCC(=O)NC(CS)C(=O)OCCCCO[N+](=O)[O-].CC1CCCC1CCCCCc1ccccc1. The fourth-order valence-corrected chi connectivity index (χ4v) is 5.06. The number of nitrogens with one attached hydrogen (secondary N) is 1. The number of amides is 1. The molecule has 0 aromatic heterocycles. The molecule has 0 saturated heterocycles. The predicted molar refractivity (Wildman–Crippen MR) is 163 cm³/mol. The van der Waals surface area contributed by atoms with Crippen LogP contribution in [0.2, 0.25) is 0 Å². The molecule has 8 nitrogen and oxygen atoms in total. The third kappa shape index (κ3) is 17.9. The van der Waals surface area contributed by atoms with E-state index in [0.29, 0.717) is 25.7 Å². The van der Waals surface area contributed by atoms with Gasteiger partial charge in [-0.25, -0.2) is 4.79 Å². The van der Waals surface area contributed by atoms with Crippen LogP contribution in [0.3, 0.4) is 0 Å². The van der Waals surface area contributed by atoms with E-state index in [1.165, 1.54) is 56.9 Å². The summed E-state index contributed by atoms with van der Waals surface area (Å²) in [6.45, 7) is 4.43. The first-order valence-electron chi connectivity index (χ1n) is 14.9. The molecule has 1 amide bonds. The second kappa shape index (κ2) is 23.2. The number of hydrogen-bond acceptors (Lipinski definition) is 7. The highest BCUT2D eigenvalue weighted by molar-refractivity contribution is 7.80. The molecule has 0 aliphatic heterocycles. The molecule has 0 heterocycles. The van der Waals surface area contributed by atoms with Gasteiger partial charge in [-0.3, -0.25) is 4.79 Å². The smallest absolute Gasteiger partial charge is 0.329 e. The number of thiol groups is 1. The Morgan fingerprint density at radius 1 is 1.10 bits per heavy atom. The summed E-state index contributed by atoms with van der Waals surface area (Å²) in [6.07, 6.45) is 18.0. The summed E-state index contributed by atoms with van der Waals surface area (Å²) in [5.74, 6) is 1.42. The van der Waals surface area contributed by atoms with Crippen LogP contribution in [-0.4, -0.2) is 42.0 Å². The molecular formula is C31H50N2O6S. The third-order valence-corrected chi connectivity index (χ3v) is 7.58. The van der Waals surface area contributed by atoms with Gasteiger partial charge < -0.3 is 14.9 Å². The molecule has 1 N–H and O–H groups in total. The van der Waals surface area contributed by atoms with E-state index in [1.54, 1.807) is 0 Å². The van der Waals surface area contributed by atoms with Crippen molar-refractivity contribution < 1.29 is 24.3 Å². The number of ether oxygens (including phenoxy) is 1. The first-order chi connectivity index (χ1) is 19.4. The number of esters is 1. The normalized spacial score (nSPS) is 17.1. The van der Waals surface area contributed by atoms with Crippen molar-refractivity contribution in [3.8, 4) is 0 Å². The minimum absolute atomic E-state index is 0.0382. The lowest BCUT2D eigenvalue weighted by Crippen LogP contribution is -2.43. The van der Waals surface area contributed by atoms with E-state index in [-0.39, 0.29) is 24.9 Å². The van der Waals surface area contributed by atoms with Gasteiger partial charge in [0, 0.05) is 12.2 Å². The second-order valence-electron chi connectivity index (χ2n) is 10.4. The van der Waals surface area contributed by atoms with Gasteiger partial charge in [0.15, 0.2) is 0 Å². The Morgan fingerprint density at radius 2 is 1.85 bits per heavy atom. The molecule has 0 bridgehead atoms. The zero-order valence-electron chi connectivity index (χ0n) is 24.4. The molecule has 1 aromatic rings. The number of rotatable bonds is 19. The van der Waals surface area contributed by atoms with Crippen molar-refractivity contribution in [2.75, 3.05) is 19.0 Å². The van der Waals surface area contributed by atoms with Crippen LogP contribution >= 0.6 is 12.6 Å². The Labute approximate surface area is 246 Å². The summed E-state index contributed by atoms with van der Waals surface area (Å²) in [5, 5.41) is 11.6. The lowest BCUT2D eigenvalue weighted by atomic mass is 9.92. The average molecular weight is 579 g/mol. The Kier molecular flexibility index (Phi) is 20.6. The number of carbonyl (C=O) groups excluding carboxylic acids is 2. The van der Waals surface area contributed by atoms with Gasteiger partial charge in [0.05, 0.1) is 13.2 Å². The van der Waals surface area contributed by atoms with E-state index in [0.717, 1.165) is 18.3 Å². The van der Waals surface area contributed by atoms with Crippen LogP contribution in [0.4, 0.5) is 0 Å². The summed E-state index contributed by atoms with van der Waals surface area (Å²) in [5.41, 5.74) is 1.50. The maximum absolute atomic E-state index is 11.8. The van der Waals surface area contributed by atoms with E-state index in [1.807, 2.05) is 19.1 Å². The molecule has 1 aliphatic carbocycles. The van der Waals surface area contributed by atoms with E-state index < -0.39 is 17.1 Å². The number of hydrogen-bond donors (Lipinski definition) is 2. The van der Waals surface area contributed by atoms with E-state index in [4.69, 9.17) is 4.74 Å². The van der Waals surface area contributed by atoms with Gasteiger partial charge in [-0.05, 0) is 62.8 Å². The van der Waals surface area contributed by atoms with Crippen LogP contribution < -0.4 is 5.32 Å². The first-order valence-corrected chi connectivity index (χ1v) is 15.5. The summed E-state index contributed by atoms with van der Waals surface area (Å²) in [6, 6.07) is 10.1. The lowest BCUT2D eigenvalue weighted by Gasteiger charge is -2.15. The van der Waals surface area contributed by atoms with E-state index in [9.17, 15) is 19.7 Å². The summed E-state index contributed by atoms with van der Waals surface area (Å²) in [7, 11) is 0. The van der Waals surface area contributed by atoms with Crippen molar-refractivity contribution in [2.45, 2.75) is 103 Å². The van der Waals surface area contributed by atoms with Crippen molar-refractivity contribution >= 4 is 24.5 Å². The highest BCUT2D eigenvalue weighted by Crippen LogP contribution is 2.34. The van der Waals surface area contributed by atoms with Crippen molar-refractivity contribution in [2.24, 2.45) is 11.8 Å². The van der Waals surface area contributed by atoms with Crippen LogP contribution in [0.15, 0.2) is 42.5 Å².